The van der Waals surface area contributed by atoms with Gasteiger partial charge < -0.3 is 14.6 Å². The van der Waals surface area contributed by atoms with Gasteiger partial charge >= 0.3 is 11.9 Å². The number of benzene rings is 1. The van der Waals surface area contributed by atoms with Crippen LogP contribution in [-0.4, -0.2) is 35.4 Å². The van der Waals surface area contributed by atoms with E-state index in [1.807, 2.05) is 0 Å². The van der Waals surface area contributed by atoms with E-state index in [9.17, 15) is 14.7 Å². The van der Waals surface area contributed by atoms with Gasteiger partial charge in [-0.05, 0) is 32.9 Å². The number of hydrogen-bond donors (Lipinski definition) is 1. The van der Waals surface area contributed by atoms with Crippen molar-refractivity contribution in [3.8, 4) is 0 Å². The Bertz CT molecular complexity index is 433. The minimum atomic E-state index is -1.52. The maximum Gasteiger partial charge on any atom is 0.350 e. The maximum atomic E-state index is 11.9. The molecule has 0 spiro atoms. The quantitative estimate of drug-likeness (QED) is 0.818. The number of aliphatic hydroxyl groups is 1. The summed E-state index contributed by atoms with van der Waals surface area (Å²) in [6, 6.07) is 8.25. The van der Waals surface area contributed by atoms with Crippen molar-refractivity contribution in [2.24, 2.45) is 0 Å². The molecule has 19 heavy (non-hydrogen) atoms. The van der Waals surface area contributed by atoms with Crippen LogP contribution >= 0.6 is 0 Å². The summed E-state index contributed by atoms with van der Waals surface area (Å²) >= 11 is 0. The molecular formula is C14H18O5. The summed E-state index contributed by atoms with van der Waals surface area (Å²) in [7, 11) is 0. The van der Waals surface area contributed by atoms with E-state index in [1.165, 1.54) is 13.8 Å². The lowest BCUT2D eigenvalue weighted by atomic mass is 10.0. The van der Waals surface area contributed by atoms with Crippen molar-refractivity contribution in [2.75, 3.05) is 6.61 Å². The van der Waals surface area contributed by atoms with Crippen LogP contribution in [0, 0.1) is 0 Å². The summed E-state index contributed by atoms with van der Waals surface area (Å²) in [5.74, 6) is -1.44. The summed E-state index contributed by atoms with van der Waals surface area (Å²) < 4.78 is 9.84. The fourth-order valence-electron chi connectivity index (χ4n) is 1.45. The van der Waals surface area contributed by atoms with Crippen molar-refractivity contribution in [1.82, 2.24) is 0 Å². The first-order valence-corrected chi connectivity index (χ1v) is 6.01. The standard InChI is InChI=1S/C14H18O5/c1-4-18-13(16)11(14(2,3)17)19-12(15)10-8-6-5-7-9-10/h5-9,11,17H,4H2,1-3H3. The number of carbonyl (C=O) groups excluding carboxylic acids is 2. The predicted octanol–water partition coefficient (Wildman–Crippen LogP) is 1.55. The average Bonchev–Trinajstić information content (AvgIpc) is 2.35. The van der Waals surface area contributed by atoms with Gasteiger partial charge in [0, 0.05) is 0 Å². The van der Waals surface area contributed by atoms with E-state index in [2.05, 4.69) is 0 Å². The van der Waals surface area contributed by atoms with E-state index in [-0.39, 0.29) is 6.61 Å². The summed E-state index contributed by atoms with van der Waals surface area (Å²) in [6.45, 7) is 4.55. The molecule has 1 N–H and O–H groups in total. The Morgan fingerprint density at radius 3 is 2.32 bits per heavy atom. The molecule has 1 rings (SSSR count). The van der Waals surface area contributed by atoms with Crippen LogP contribution in [0.1, 0.15) is 31.1 Å². The largest absolute Gasteiger partial charge is 0.463 e. The predicted molar refractivity (Wildman–Crippen MR) is 68.6 cm³/mol. The lowest BCUT2D eigenvalue weighted by Gasteiger charge is -2.26. The second-order valence-corrected chi connectivity index (χ2v) is 4.56. The zero-order chi connectivity index (χ0) is 14.5. The van der Waals surface area contributed by atoms with Gasteiger partial charge in [-0.15, -0.1) is 0 Å². The minimum absolute atomic E-state index is 0.147. The Morgan fingerprint density at radius 1 is 1.26 bits per heavy atom. The molecular weight excluding hydrogens is 248 g/mol. The van der Waals surface area contributed by atoms with Crippen LogP contribution < -0.4 is 0 Å². The number of ether oxygens (including phenoxy) is 2. The number of rotatable bonds is 5. The molecule has 1 unspecified atom stereocenters. The van der Waals surface area contributed by atoms with Crippen molar-refractivity contribution in [1.29, 1.82) is 0 Å². The molecule has 104 valence electrons. The van der Waals surface area contributed by atoms with Crippen LogP contribution in [-0.2, 0) is 14.3 Å². The third kappa shape index (κ3) is 4.37. The van der Waals surface area contributed by atoms with Crippen LogP contribution in [0.5, 0.6) is 0 Å². The Morgan fingerprint density at radius 2 is 1.84 bits per heavy atom. The first-order valence-electron chi connectivity index (χ1n) is 6.01. The van der Waals surface area contributed by atoms with Crippen molar-refractivity contribution in [3.63, 3.8) is 0 Å². The van der Waals surface area contributed by atoms with Crippen molar-refractivity contribution < 1.29 is 24.2 Å². The van der Waals surface area contributed by atoms with E-state index >= 15 is 0 Å². The molecule has 0 amide bonds. The van der Waals surface area contributed by atoms with E-state index in [4.69, 9.17) is 9.47 Å². The highest BCUT2D eigenvalue weighted by Gasteiger charge is 2.38. The zero-order valence-electron chi connectivity index (χ0n) is 11.3. The maximum absolute atomic E-state index is 11.9. The first kappa shape index (κ1) is 15.2. The lowest BCUT2D eigenvalue weighted by molar-refractivity contribution is -0.166. The zero-order valence-corrected chi connectivity index (χ0v) is 11.3. The van der Waals surface area contributed by atoms with E-state index in [0.717, 1.165) is 0 Å². The van der Waals surface area contributed by atoms with Crippen LogP contribution in [0.25, 0.3) is 0 Å². The smallest absolute Gasteiger partial charge is 0.350 e. The highest BCUT2D eigenvalue weighted by Crippen LogP contribution is 2.16. The Balaban J connectivity index is 2.84. The van der Waals surface area contributed by atoms with E-state index in [0.29, 0.717) is 5.56 Å². The van der Waals surface area contributed by atoms with E-state index in [1.54, 1.807) is 37.3 Å². The second-order valence-electron chi connectivity index (χ2n) is 4.56. The Labute approximate surface area is 112 Å². The second kappa shape index (κ2) is 6.33. The molecule has 5 heteroatoms. The molecule has 1 atom stereocenters. The molecule has 0 fully saturated rings. The van der Waals surface area contributed by atoms with Crippen LogP contribution in [0.2, 0.25) is 0 Å². The van der Waals surface area contributed by atoms with Gasteiger partial charge in [-0.3, -0.25) is 0 Å². The van der Waals surface area contributed by atoms with Crippen LogP contribution in [0.15, 0.2) is 30.3 Å². The molecule has 0 bridgehead atoms. The molecule has 0 heterocycles. The molecule has 0 radical (unpaired) electrons. The lowest BCUT2D eigenvalue weighted by Crippen LogP contribution is -2.46. The van der Waals surface area contributed by atoms with Gasteiger partial charge in [-0.2, -0.15) is 0 Å². The van der Waals surface area contributed by atoms with Gasteiger partial charge in [0.15, 0.2) is 0 Å². The number of esters is 2. The normalized spacial score (nSPS) is 12.6. The first-order chi connectivity index (χ1) is 8.86. The molecule has 0 saturated heterocycles. The van der Waals surface area contributed by atoms with Crippen LogP contribution in [0.4, 0.5) is 0 Å². The van der Waals surface area contributed by atoms with Crippen LogP contribution in [0.3, 0.4) is 0 Å². The topological polar surface area (TPSA) is 72.8 Å². The SMILES string of the molecule is CCOC(=O)C(OC(=O)c1ccccc1)C(C)(C)O. The molecule has 0 aliphatic carbocycles. The number of hydrogen-bond acceptors (Lipinski definition) is 5. The third-order valence-electron chi connectivity index (χ3n) is 2.38. The minimum Gasteiger partial charge on any atom is -0.463 e. The van der Waals surface area contributed by atoms with Gasteiger partial charge in [0.25, 0.3) is 0 Å². The van der Waals surface area contributed by atoms with Gasteiger partial charge in [-0.1, -0.05) is 18.2 Å². The molecule has 0 saturated carbocycles. The van der Waals surface area contributed by atoms with Gasteiger partial charge in [0.2, 0.25) is 6.10 Å². The van der Waals surface area contributed by atoms with Crippen molar-refractivity contribution in [2.45, 2.75) is 32.5 Å². The highest BCUT2D eigenvalue weighted by atomic mass is 16.6. The third-order valence-corrected chi connectivity index (χ3v) is 2.38. The van der Waals surface area contributed by atoms with Gasteiger partial charge in [0.1, 0.15) is 5.60 Å². The monoisotopic (exact) mass is 266 g/mol. The molecule has 5 nitrogen and oxygen atoms in total. The fourth-order valence-corrected chi connectivity index (χ4v) is 1.45. The summed E-state index contributed by atoms with van der Waals surface area (Å²) in [4.78, 5) is 23.6. The molecule has 1 aromatic rings. The number of carbonyl (C=O) groups is 2. The van der Waals surface area contributed by atoms with Crippen molar-refractivity contribution in [3.05, 3.63) is 35.9 Å². The van der Waals surface area contributed by atoms with Crippen molar-refractivity contribution >= 4 is 11.9 Å². The molecule has 0 aliphatic heterocycles. The Hall–Kier alpha value is -1.88. The highest BCUT2D eigenvalue weighted by molar-refractivity contribution is 5.91. The Kier molecular flexibility index (Phi) is 5.06. The molecule has 0 aliphatic rings. The summed E-state index contributed by atoms with van der Waals surface area (Å²) in [5, 5.41) is 9.89. The molecule has 0 aromatic heterocycles. The average molecular weight is 266 g/mol. The summed E-state index contributed by atoms with van der Waals surface area (Å²) in [6.07, 6.45) is -1.36. The summed E-state index contributed by atoms with van der Waals surface area (Å²) in [5.41, 5.74) is -1.21. The van der Waals surface area contributed by atoms with Gasteiger partial charge in [-0.25, -0.2) is 9.59 Å². The molecule has 1 aromatic carbocycles. The van der Waals surface area contributed by atoms with Gasteiger partial charge in [0.05, 0.1) is 12.2 Å². The fraction of sp³-hybridized carbons (Fsp3) is 0.429. The van der Waals surface area contributed by atoms with E-state index < -0.39 is 23.6 Å².